The van der Waals surface area contributed by atoms with Gasteiger partial charge in [0.15, 0.2) is 5.58 Å². The fourth-order valence-electron chi connectivity index (χ4n) is 1.41. The molecular formula is C9H6N2O5S. The van der Waals surface area contributed by atoms with Crippen LogP contribution in [0, 0.1) is 15.0 Å². The summed E-state index contributed by atoms with van der Waals surface area (Å²) < 4.78 is 9.53. The minimum Gasteiger partial charge on any atom is -0.465 e. The van der Waals surface area contributed by atoms with E-state index in [0.717, 1.165) is 7.11 Å². The van der Waals surface area contributed by atoms with Gasteiger partial charge in [0.2, 0.25) is 0 Å². The van der Waals surface area contributed by atoms with Crippen molar-refractivity contribution in [1.29, 1.82) is 0 Å². The summed E-state index contributed by atoms with van der Waals surface area (Å²) in [5.74, 6) is -0.805. The van der Waals surface area contributed by atoms with Gasteiger partial charge in [-0.05, 0) is 12.2 Å². The van der Waals surface area contributed by atoms with Crippen LogP contribution < -0.4 is 0 Å². The van der Waals surface area contributed by atoms with Gasteiger partial charge in [0, 0.05) is 12.1 Å². The van der Waals surface area contributed by atoms with Crippen LogP contribution in [0.2, 0.25) is 0 Å². The third kappa shape index (κ3) is 1.89. The third-order valence-electron chi connectivity index (χ3n) is 2.14. The predicted molar refractivity (Wildman–Crippen MR) is 59.4 cm³/mol. The normalized spacial score (nSPS) is 10.4. The minimum atomic E-state index is -0.805. The van der Waals surface area contributed by atoms with Crippen molar-refractivity contribution in [2.75, 3.05) is 7.11 Å². The average molecular weight is 254 g/mol. The molecule has 0 atom stereocenters. The molecule has 2 aromatic rings. The summed E-state index contributed by atoms with van der Waals surface area (Å²) in [7, 11) is 1.14. The second-order valence-corrected chi connectivity index (χ2v) is 3.50. The Labute approximate surface area is 99.1 Å². The first kappa shape index (κ1) is 11.3. The number of hydrogen-bond acceptors (Lipinski definition) is 6. The Bertz CT molecular complexity index is 672. The van der Waals surface area contributed by atoms with Gasteiger partial charge in [0.1, 0.15) is 5.56 Å². The summed E-state index contributed by atoms with van der Waals surface area (Å²) in [6.07, 6.45) is 0. The van der Waals surface area contributed by atoms with Crippen LogP contribution in [0.5, 0.6) is 0 Å². The molecular weight excluding hydrogens is 248 g/mol. The zero-order chi connectivity index (χ0) is 12.6. The average Bonchev–Trinajstić information content (AvgIpc) is 2.65. The molecule has 1 N–H and O–H groups in total. The fraction of sp³-hybridized carbons (Fsp3) is 0.111. The lowest BCUT2D eigenvalue weighted by molar-refractivity contribution is -0.385. The summed E-state index contributed by atoms with van der Waals surface area (Å²) in [6, 6.07) is 2.41. The predicted octanol–water partition coefficient (Wildman–Crippen LogP) is 2.19. The molecule has 8 heteroatoms. The van der Waals surface area contributed by atoms with E-state index < -0.39 is 10.9 Å². The van der Waals surface area contributed by atoms with Crippen molar-refractivity contribution >= 4 is 35.0 Å². The molecule has 0 unspecified atom stereocenters. The second-order valence-electron chi connectivity index (χ2n) is 3.13. The van der Waals surface area contributed by atoms with E-state index in [9.17, 15) is 14.9 Å². The SMILES string of the molecule is COC(=O)c1cc2oc(=S)[nH]c2cc1[N+](=O)[O-]. The molecule has 0 aliphatic heterocycles. The molecule has 0 fully saturated rings. The van der Waals surface area contributed by atoms with E-state index in [1.54, 1.807) is 0 Å². The quantitative estimate of drug-likeness (QED) is 0.381. The van der Waals surface area contributed by atoms with Crippen LogP contribution in [0.4, 0.5) is 5.69 Å². The largest absolute Gasteiger partial charge is 0.465 e. The fourth-order valence-corrected chi connectivity index (χ4v) is 1.61. The molecule has 2 rings (SSSR count). The second kappa shape index (κ2) is 3.98. The third-order valence-corrected chi connectivity index (χ3v) is 2.32. The maximum atomic E-state index is 11.4. The van der Waals surface area contributed by atoms with E-state index >= 15 is 0 Å². The van der Waals surface area contributed by atoms with Gasteiger partial charge in [-0.25, -0.2) is 4.79 Å². The van der Waals surface area contributed by atoms with Gasteiger partial charge in [0.05, 0.1) is 17.5 Å². The number of esters is 1. The van der Waals surface area contributed by atoms with Gasteiger partial charge in [-0.1, -0.05) is 0 Å². The van der Waals surface area contributed by atoms with E-state index in [1.165, 1.54) is 12.1 Å². The van der Waals surface area contributed by atoms with E-state index in [4.69, 9.17) is 16.6 Å². The van der Waals surface area contributed by atoms with Crippen LogP contribution in [0.1, 0.15) is 10.4 Å². The van der Waals surface area contributed by atoms with Gasteiger partial charge in [0.25, 0.3) is 10.5 Å². The van der Waals surface area contributed by atoms with Crippen LogP contribution in [0.3, 0.4) is 0 Å². The van der Waals surface area contributed by atoms with Crippen molar-refractivity contribution < 1.29 is 18.9 Å². The molecule has 0 saturated carbocycles. The van der Waals surface area contributed by atoms with E-state index in [1.807, 2.05) is 0 Å². The molecule has 0 aliphatic rings. The Hall–Kier alpha value is -2.22. The maximum Gasteiger partial charge on any atom is 0.345 e. The van der Waals surface area contributed by atoms with Crippen molar-refractivity contribution in [1.82, 2.24) is 4.98 Å². The number of benzene rings is 1. The van der Waals surface area contributed by atoms with Gasteiger partial charge in [-0.3, -0.25) is 10.1 Å². The van der Waals surface area contributed by atoms with E-state index in [2.05, 4.69) is 9.72 Å². The molecule has 0 spiro atoms. The zero-order valence-corrected chi connectivity index (χ0v) is 9.37. The van der Waals surface area contributed by atoms with E-state index in [0.29, 0.717) is 5.52 Å². The summed E-state index contributed by atoms with van der Waals surface area (Å²) >= 11 is 4.75. The van der Waals surface area contributed by atoms with Crippen molar-refractivity contribution in [2.24, 2.45) is 0 Å². The summed E-state index contributed by atoms with van der Waals surface area (Å²) in [4.78, 5) is 24.2. The first-order chi connectivity index (χ1) is 8.02. The molecule has 88 valence electrons. The highest BCUT2D eigenvalue weighted by Crippen LogP contribution is 2.26. The number of methoxy groups -OCH3 is 1. The number of aromatic amines is 1. The van der Waals surface area contributed by atoms with Crippen LogP contribution in [0.15, 0.2) is 16.5 Å². The Morgan fingerprint density at radius 1 is 1.59 bits per heavy atom. The number of nitro groups is 1. The first-order valence-electron chi connectivity index (χ1n) is 4.42. The van der Waals surface area contributed by atoms with Crippen LogP contribution in [0.25, 0.3) is 11.1 Å². The number of carbonyl (C=O) groups excluding carboxylic acids is 1. The molecule has 1 heterocycles. The first-order valence-corrected chi connectivity index (χ1v) is 4.83. The summed E-state index contributed by atoms with van der Waals surface area (Å²) in [6.45, 7) is 0. The lowest BCUT2D eigenvalue weighted by Crippen LogP contribution is -2.05. The molecule has 0 radical (unpaired) electrons. The van der Waals surface area contributed by atoms with Gasteiger partial charge >= 0.3 is 5.97 Å². The Kier molecular flexibility index (Phi) is 2.64. The molecule has 0 saturated heterocycles. The molecule has 1 aromatic carbocycles. The number of nitro benzene ring substituents is 1. The number of aromatic nitrogens is 1. The summed E-state index contributed by atoms with van der Waals surface area (Å²) in [5, 5.41) is 10.8. The number of hydrogen-bond donors (Lipinski definition) is 1. The highest BCUT2D eigenvalue weighted by Gasteiger charge is 2.23. The topological polar surface area (TPSA) is 98.4 Å². The number of nitrogens with one attached hydrogen (secondary N) is 1. The number of fused-ring (bicyclic) bond motifs is 1. The van der Waals surface area contributed by atoms with E-state index in [-0.39, 0.29) is 21.7 Å². The highest BCUT2D eigenvalue weighted by molar-refractivity contribution is 7.71. The molecule has 17 heavy (non-hydrogen) atoms. The Morgan fingerprint density at radius 3 is 2.88 bits per heavy atom. The van der Waals surface area contributed by atoms with Crippen LogP contribution in [-0.4, -0.2) is 23.0 Å². The van der Waals surface area contributed by atoms with Crippen molar-refractivity contribution in [2.45, 2.75) is 0 Å². The molecule has 7 nitrogen and oxygen atoms in total. The van der Waals surface area contributed by atoms with Crippen LogP contribution in [-0.2, 0) is 4.74 Å². The zero-order valence-electron chi connectivity index (χ0n) is 8.55. The minimum absolute atomic E-state index is 0.0799. The molecule has 0 amide bonds. The smallest absolute Gasteiger partial charge is 0.345 e. The number of oxazole rings is 1. The monoisotopic (exact) mass is 254 g/mol. The molecule has 0 bridgehead atoms. The highest BCUT2D eigenvalue weighted by atomic mass is 32.1. The van der Waals surface area contributed by atoms with Crippen molar-refractivity contribution in [3.63, 3.8) is 0 Å². The van der Waals surface area contributed by atoms with Gasteiger partial charge in [-0.2, -0.15) is 0 Å². The van der Waals surface area contributed by atoms with Crippen molar-refractivity contribution in [3.05, 3.63) is 32.6 Å². The molecule has 1 aromatic heterocycles. The lowest BCUT2D eigenvalue weighted by Gasteiger charge is -2.00. The maximum absolute atomic E-state index is 11.4. The standard InChI is InChI=1S/C9H6N2O5S/c1-15-8(12)4-2-7-5(10-9(17)16-7)3-6(4)11(13)14/h2-3H,1H3,(H,10,17). The Morgan fingerprint density at radius 2 is 2.29 bits per heavy atom. The number of ether oxygens (including phenoxy) is 1. The molecule has 0 aliphatic carbocycles. The van der Waals surface area contributed by atoms with Gasteiger partial charge < -0.3 is 14.1 Å². The number of rotatable bonds is 2. The van der Waals surface area contributed by atoms with Crippen LogP contribution >= 0.6 is 12.2 Å². The summed E-state index contributed by atoms with van der Waals surface area (Å²) in [5.41, 5.74) is 0.0782. The van der Waals surface area contributed by atoms with Crippen molar-refractivity contribution in [3.8, 4) is 0 Å². The lowest BCUT2D eigenvalue weighted by atomic mass is 10.1. The number of H-pyrrole nitrogens is 1. The number of nitrogens with zero attached hydrogens (tertiary/aromatic N) is 1. The Balaban J connectivity index is 2.78. The number of carbonyl (C=O) groups is 1. The van der Waals surface area contributed by atoms with Gasteiger partial charge in [-0.15, -0.1) is 0 Å².